The molecule has 1 aromatic heterocycles. The summed E-state index contributed by atoms with van der Waals surface area (Å²) in [6.45, 7) is 2.34. The van der Waals surface area contributed by atoms with E-state index in [0.717, 1.165) is 10.9 Å². The maximum Gasteiger partial charge on any atom is 0.253 e. The Kier molecular flexibility index (Phi) is 4.65. The molecule has 21 heavy (non-hydrogen) atoms. The second-order valence-electron chi connectivity index (χ2n) is 5.59. The summed E-state index contributed by atoms with van der Waals surface area (Å²) in [7, 11) is 3.50. The second-order valence-corrected chi connectivity index (χ2v) is 5.59. The number of ether oxygens (including phenoxy) is 1. The van der Waals surface area contributed by atoms with Gasteiger partial charge in [-0.3, -0.25) is 4.79 Å². The average Bonchev–Trinajstić information content (AvgIpc) is 2.81. The minimum atomic E-state index is -0.976. The molecule has 0 aliphatic carbocycles. The van der Waals surface area contributed by atoms with Gasteiger partial charge in [0.05, 0.1) is 11.2 Å². The Labute approximate surface area is 124 Å². The molecule has 1 aromatic carbocycles. The lowest BCUT2D eigenvalue weighted by Gasteiger charge is -2.23. The van der Waals surface area contributed by atoms with Crippen LogP contribution in [0.4, 0.5) is 0 Å². The number of hydrogen-bond acceptors (Lipinski definition) is 3. The van der Waals surface area contributed by atoms with Crippen molar-refractivity contribution in [3.63, 3.8) is 0 Å². The van der Waals surface area contributed by atoms with E-state index in [-0.39, 0.29) is 12.5 Å². The van der Waals surface area contributed by atoms with Crippen LogP contribution in [0.5, 0.6) is 0 Å². The molecule has 5 heteroatoms. The first-order chi connectivity index (χ1) is 9.94. The number of aryl methyl sites for hydroxylation is 1. The number of fused-ring (bicyclic) bond motifs is 1. The molecule has 0 saturated heterocycles. The molecule has 2 aromatic rings. The summed E-state index contributed by atoms with van der Waals surface area (Å²) in [5.74, 6) is -0.176. The van der Waals surface area contributed by atoms with Crippen LogP contribution >= 0.6 is 0 Å². The predicted molar refractivity (Wildman–Crippen MR) is 82.4 cm³/mol. The van der Waals surface area contributed by atoms with Crippen molar-refractivity contribution in [1.29, 1.82) is 0 Å². The van der Waals surface area contributed by atoms with E-state index in [1.165, 1.54) is 0 Å². The van der Waals surface area contributed by atoms with Crippen molar-refractivity contribution < 1.29 is 14.6 Å². The summed E-state index contributed by atoms with van der Waals surface area (Å²) in [6.07, 6.45) is 2.28. The van der Waals surface area contributed by atoms with E-state index in [1.807, 2.05) is 42.1 Å². The first kappa shape index (κ1) is 15.5. The van der Waals surface area contributed by atoms with Crippen molar-refractivity contribution in [1.82, 2.24) is 9.88 Å². The van der Waals surface area contributed by atoms with Gasteiger partial charge < -0.3 is 19.7 Å². The monoisotopic (exact) mass is 290 g/mol. The molecular weight excluding hydrogens is 268 g/mol. The Balaban J connectivity index is 2.09. The Hall–Kier alpha value is -1.85. The van der Waals surface area contributed by atoms with Gasteiger partial charge in [-0.05, 0) is 13.0 Å². The number of carbonyl (C=O) groups is 1. The molecule has 0 radical (unpaired) electrons. The molecule has 0 saturated carbocycles. The smallest absolute Gasteiger partial charge is 0.253 e. The number of aliphatic hydroxyl groups is 1. The number of amides is 1. The number of methoxy groups -OCH3 is 1. The standard InChI is InChI=1S/C16H22N2O3/c1-16(20,8-9-21-3)11-17-15(19)13-10-18(2)14-7-5-4-6-12(13)14/h4-7,10,20H,8-9,11H2,1-3H3,(H,17,19). The highest BCUT2D eigenvalue weighted by Gasteiger charge is 2.22. The summed E-state index contributed by atoms with van der Waals surface area (Å²) in [6, 6.07) is 7.75. The first-order valence-electron chi connectivity index (χ1n) is 6.98. The molecule has 1 atom stereocenters. The van der Waals surface area contributed by atoms with Crippen molar-refractivity contribution in [2.75, 3.05) is 20.3 Å². The lowest BCUT2D eigenvalue weighted by molar-refractivity contribution is 0.0244. The van der Waals surface area contributed by atoms with Crippen LogP contribution in [-0.4, -0.2) is 41.4 Å². The first-order valence-corrected chi connectivity index (χ1v) is 6.98. The summed E-state index contributed by atoms with van der Waals surface area (Å²) < 4.78 is 6.88. The predicted octanol–water partition coefficient (Wildman–Crippen LogP) is 1.70. The van der Waals surface area contributed by atoms with E-state index >= 15 is 0 Å². The normalized spacial score (nSPS) is 14.1. The molecule has 1 unspecified atom stereocenters. The van der Waals surface area contributed by atoms with Crippen LogP contribution in [0.15, 0.2) is 30.5 Å². The Morgan fingerprint density at radius 1 is 1.43 bits per heavy atom. The van der Waals surface area contributed by atoms with Gasteiger partial charge in [-0.25, -0.2) is 0 Å². The highest BCUT2D eigenvalue weighted by molar-refractivity contribution is 6.06. The maximum atomic E-state index is 12.3. The molecule has 0 aliphatic rings. The van der Waals surface area contributed by atoms with Crippen molar-refractivity contribution in [2.24, 2.45) is 7.05 Å². The van der Waals surface area contributed by atoms with Gasteiger partial charge in [0.1, 0.15) is 0 Å². The highest BCUT2D eigenvalue weighted by Crippen LogP contribution is 2.20. The average molecular weight is 290 g/mol. The summed E-state index contributed by atoms with van der Waals surface area (Å²) in [5, 5.41) is 13.9. The molecule has 2 N–H and O–H groups in total. The lowest BCUT2D eigenvalue weighted by atomic mass is 10.0. The number of rotatable bonds is 6. The van der Waals surface area contributed by atoms with Gasteiger partial charge in [0.25, 0.3) is 5.91 Å². The molecule has 5 nitrogen and oxygen atoms in total. The minimum Gasteiger partial charge on any atom is -0.388 e. The van der Waals surface area contributed by atoms with Crippen LogP contribution in [0, 0.1) is 0 Å². The van der Waals surface area contributed by atoms with Crippen molar-refractivity contribution in [3.8, 4) is 0 Å². The fourth-order valence-electron chi connectivity index (χ4n) is 2.30. The highest BCUT2D eigenvalue weighted by atomic mass is 16.5. The number of nitrogens with one attached hydrogen (secondary N) is 1. The second kappa shape index (κ2) is 6.28. The van der Waals surface area contributed by atoms with E-state index in [1.54, 1.807) is 14.0 Å². The molecule has 0 aliphatic heterocycles. The minimum absolute atomic E-state index is 0.176. The maximum absolute atomic E-state index is 12.3. The molecule has 0 spiro atoms. The van der Waals surface area contributed by atoms with Gasteiger partial charge in [0.15, 0.2) is 0 Å². The third-order valence-electron chi connectivity index (χ3n) is 3.62. The van der Waals surface area contributed by atoms with Crippen LogP contribution in [-0.2, 0) is 11.8 Å². The van der Waals surface area contributed by atoms with E-state index < -0.39 is 5.60 Å². The zero-order valence-corrected chi connectivity index (χ0v) is 12.7. The van der Waals surface area contributed by atoms with E-state index in [4.69, 9.17) is 4.74 Å². The largest absolute Gasteiger partial charge is 0.388 e. The summed E-state index contributed by atoms with van der Waals surface area (Å²) in [4.78, 5) is 12.3. The van der Waals surface area contributed by atoms with Gasteiger partial charge in [-0.15, -0.1) is 0 Å². The quantitative estimate of drug-likeness (QED) is 0.851. The van der Waals surface area contributed by atoms with Gasteiger partial charge in [0, 0.05) is 50.8 Å². The third-order valence-corrected chi connectivity index (χ3v) is 3.62. The van der Waals surface area contributed by atoms with Gasteiger partial charge in [-0.1, -0.05) is 18.2 Å². The van der Waals surface area contributed by atoms with Crippen LogP contribution in [0.25, 0.3) is 10.9 Å². The van der Waals surface area contributed by atoms with E-state index in [9.17, 15) is 9.90 Å². The van der Waals surface area contributed by atoms with Crippen LogP contribution in [0.3, 0.4) is 0 Å². The number of carbonyl (C=O) groups excluding carboxylic acids is 1. The van der Waals surface area contributed by atoms with Crippen LogP contribution in [0.2, 0.25) is 0 Å². The molecular formula is C16H22N2O3. The lowest BCUT2D eigenvalue weighted by Crippen LogP contribution is -2.41. The molecule has 0 bridgehead atoms. The van der Waals surface area contributed by atoms with Crippen molar-refractivity contribution >= 4 is 16.8 Å². The molecule has 0 fully saturated rings. The van der Waals surface area contributed by atoms with Gasteiger partial charge >= 0.3 is 0 Å². The number of hydrogen-bond donors (Lipinski definition) is 2. The number of aromatic nitrogens is 1. The Bertz CT molecular complexity index is 631. The van der Waals surface area contributed by atoms with Gasteiger partial charge in [-0.2, -0.15) is 0 Å². The number of benzene rings is 1. The summed E-state index contributed by atoms with van der Waals surface area (Å²) >= 11 is 0. The van der Waals surface area contributed by atoms with Crippen LogP contribution < -0.4 is 5.32 Å². The molecule has 1 amide bonds. The topological polar surface area (TPSA) is 63.5 Å². The Morgan fingerprint density at radius 3 is 2.86 bits per heavy atom. The SMILES string of the molecule is COCCC(C)(O)CNC(=O)c1cn(C)c2ccccc12. The van der Waals surface area contributed by atoms with Gasteiger partial charge in [0.2, 0.25) is 0 Å². The van der Waals surface area contributed by atoms with Crippen LogP contribution in [0.1, 0.15) is 23.7 Å². The van der Waals surface area contributed by atoms with E-state index in [0.29, 0.717) is 18.6 Å². The zero-order valence-electron chi connectivity index (χ0n) is 12.7. The summed E-state index contributed by atoms with van der Waals surface area (Å²) in [5.41, 5.74) is 0.653. The number of nitrogens with zero attached hydrogens (tertiary/aromatic N) is 1. The van der Waals surface area contributed by atoms with E-state index in [2.05, 4.69) is 5.32 Å². The fraction of sp³-hybridized carbons (Fsp3) is 0.438. The molecule has 114 valence electrons. The molecule has 2 rings (SSSR count). The fourth-order valence-corrected chi connectivity index (χ4v) is 2.30. The molecule has 1 heterocycles. The Morgan fingerprint density at radius 2 is 2.14 bits per heavy atom. The number of para-hydroxylation sites is 1. The van der Waals surface area contributed by atoms with Crippen molar-refractivity contribution in [2.45, 2.75) is 18.9 Å². The van der Waals surface area contributed by atoms with Crippen molar-refractivity contribution in [3.05, 3.63) is 36.0 Å². The zero-order chi connectivity index (χ0) is 15.5. The third kappa shape index (κ3) is 3.62.